The third kappa shape index (κ3) is 3.73. The minimum atomic E-state index is -0.150. The molecule has 1 saturated carbocycles. The van der Waals surface area contributed by atoms with Gasteiger partial charge in [-0.2, -0.15) is 0 Å². The molecular weight excluding hydrogens is 422 g/mol. The first kappa shape index (κ1) is 17.9. The van der Waals surface area contributed by atoms with Gasteiger partial charge in [0.1, 0.15) is 18.5 Å². The number of aromatic nitrogens is 1. The van der Waals surface area contributed by atoms with Crippen LogP contribution in [-0.2, 0) is 0 Å². The summed E-state index contributed by atoms with van der Waals surface area (Å²) in [5, 5.41) is 0. The summed E-state index contributed by atoms with van der Waals surface area (Å²) in [5.41, 5.74) is 1.16. The number of carbonyl (C=O) groups is 1. The maximum atomic E-state index is 12.9. The number of amides is 1. The lowest BCUT2D eigenvalue weighted by molar-refractivity contribution is 0.0172. The lowest BCUT2D eigenvalue weighted by atomic mass is 10.1. The van der Waals surface area contributed by atoms with Crippen LogP contribution in [0.5, 0.6) is 11.5 Å². The van der Waals surface area contributed by atoms with E-state index in [-0.39, 0.29) is 12.0 Å². The van der Waals surface area contributed by atoms with Crippen molar-refractivity contribution in [3.05, 3.63) is 46.7 Å². The van der Waals surface area contributed by atoms with E-state index in [1.165, 1.54) is 19.4 Å². The van der Waals surface area contributed by atoms with Crippen molar-refractivity contribution in [1.82, 2.24) is 9.88 Å². The number of carbonyl (C=O) groups excluding carboxylic acids is 1. The number of anilines is 1. The number of nitrogens with zero attached hydrogens (tertiary/aromatic N) is 3. The average molecular weight is 444 g/mol. The molecule has 3 heterocycles. The minimum absolute atomic E-state index is 0.150. The summed E-state index contributed by atoms with van der Waals surface area (Å²) in [7, 11) is 0. The number of benzene rings is 1. The molecule has 1 saturated heterocycles. The molecule has 0 spiro atoms. The van der Waals surface area contributed by atoms with Gasteiger partial charge >= 0.3 is 0 Å². The highest BCUT2D eigenvalue weighted by Gasteiger charge is 2.33. The number of pyridine rings is 1. The van der Waals surface area contributed by atoms with Crippen LogP contribution in [-0.4, -0.2) is 54.7 Å². The second-order valence-electron chi connectivity index (χ2n) is 7.70. The Bertz CT molecular complexity index is 879. The Morgan fingerprint density at radius 1 is 1.21 bits per heavy atom. The fraction of sp³-hybridized carbons (Fsp3) is 0.429. The van der Waals surface area contributed by atoms with Gasteiger partial charge in [-0.15, -0.1) is 0 Å². The molecule has 146 valence electrons. The van der Waals surface area contributed by atoms with Crippen LogP contribution < -0.4 is 14.4 Å². The van der Waals surface area contributed by atoms with E-state index in [9.17, 15) is 4.79 Å². The van der Waals surface area contributed by atoms with Crippen LogP contribution in [0.1, 0.15) is 23.3 Å². The van der Waals surface area contributed by atoms with Crippen molar-refractivity contribution < 1.29 is 14.3 Å². The SMILES string of the molecule is O=C1c2ncc(Br)cc2OCCN1c1ccc(OC2CN(CC3CC3)C2)cc1. The van der Waals surface area contributed by atoms with E-state index in [4.69, 9.17) is 9.47 Å². The largest absolute Gasteiger partial charge is 0.489 e. The highest BCUT2D eigenvalue weighted by Crippen LogP contribution is 2.32. The first-order valence-corrected chi connectivity index (χ1v) is 10.5. The summed E-state index contributed by atoms with van der Waals surface area (Å²) in [6.07, 6.45) is 4.67. The zero-order valence-electron chi connectivity index (χ0n) is 15.5. The van der Waals surface area contributed by atoms with E-state index in [1.807, 2.05) is 24.3 Å². The summed E-state index contributed by atoms with van der Waals surface area (Å²) in [6, 6.07) is 9.52. The topological polar surface area (TPSA) is 54.9 Å². The predicted octanol–water partition coefficient (Wildman–Crippen LogP) is 3.36. The smallest absolute Gasteiger partial charge is 0.280 e. The normalized spacial score (nSPS) is 20.2. The highest BCUT2D eigenvalue weighted by molar-refractivity contribution is 9.10. The van der Waals surface area contributed by atoms with Crippen molar-refractivity contribution in [3.63, 3.8) is 0 Å². The third-order valence-electron chi connectivity index (χ3n) is 5.43. The van der Waals surface area contributed by atoms with Crippen molar-refractivity contribution in [1.29, 1.82) is 0 Å². The van der Waals surface area contributed by atoms with Gasteiger partial charge in [0, 0.05) is 36.0 Å². The Balaban J connectivity index is 1.24. The number of ether oxygens (including phenoxy) is 2. The molecule has 1 aromatic carbocycles. The van der Waals surface area contributed by atoms with Gasteiger partial charge in [-0.05, 0) is 65.0 Å². The van der Waals surface area contributed by atoms with Gasteiger partial charge < -0.3 is 14.4 Å². The molecule has 7 heteroatoms. The molecule has 1 aliphatic carbocycles. The van der Waals surface area contributed by atoms with Gasteiger partial charge in [0.05, 0.1) is 6.54 Å². The zero-order valence-corrected chi connectivity index (χ0v) is 17.1. The van der Waals surface area contributed by atoms with Crippen molar-refractivity contribution in [2.75, 3.05) is 37.7 Å². The van der Waals surface area contributed by atoms with E-state index in [0.29, 0.717) is 24.6 Å². The van der Waals surface area contributed by atoms with Crippen molar-refractivity contribution in [3.8, 4) is 11.5 Å². The molecule has 5 rings (SSSR count). The number of hydrogen-bond acceptors (Lipinski definition) is 5. The van der Waals surface area contributed by atoms with Gasteiger partial charge in [-0.1, -0.05) is 0 Å². The molecule has 3 aliphatic rings. The van der Waals surface area contributed by atoms with E-state index >= 15 is 0 Å². The van der Waals surface area contributed by atoms with E-state index in [1.54, 1.807) is 17.2 Å². The fourth-order valence-corrected chi connectivity index (χ4v) is 4.03. The summed E-state index contributed by atoms with van der Waals surface area (Å²) in [6.45, 7) is 4.15. The summed E-state index contributed by atoms with van der Waals surface area (Å²) >= 11 is 3.37. The molecule has 28 heavy (non-hydrogen) atoms. The monoisotopic (exact) mass is 443 g/mol. The van der Waals surface area contributed by atoms with Gasteiger partial charge in [0.25, 0.3) is 5.91 Å². The molecule has 2 aliphatic heterocycles. The minimum Gasteiger partial charge on any atom is -0.489 e. The van der Waals surface area contributed by atoms with E-state index < -0.39 is 0 Å². The summed E-state index contributed by atoms with van der Waals surface area (Å²) in [5.74, 6) is 2.14. The lowest BCUT2D eigenvalue weighted by Gasteiger charge is -2.39. The summed E-state index contributed by atoms with van der Waals surface area (Å²) in [4.78, 5) is 21.4. The molecule has 2 fully saturated rings. The number of rotatable bonds is 5. The molecular formula is C21H22BrN3O3. The van der Waals surface area contributed by atoms with Crippen molar-refractivity contribution in [2.45, 2.75) is 18.9 Å². The number of fused-ring (bicyclic) bond motifs is 1. The Kier molecular flexibility index (Phi) is 4.72. The van der Waals surface area contributed by atoms with Crippen LogP contribution in [0.3, 0.4) is 0 Å². The van der Waals surface area contributed by atoms with Crippen LogP contribution in [0.2, 0.25) is 0 Å². The lowest BCUT2D eigenvalue weighted by Crippen LogP contribution is -2.54. The molecule has 6 nitrogen and oxygen atoms in total. The fourth-order valence-electron chi connectivity index (χ4n) is 3.72. The first-order valence-electron chi connectivity index (χ1n) is 9.75. The Morgan fingerprint density at radius 3 is 2.75 bits per heavy atom. The standard InChI is InChI=1S/C21H22BrN3O3/c22-15-9-19-20(23-10-15)21(26)25(7-8-27-19)16-3-5-17(6-4-16)28-18-12-24(13-18)11-14-1-2-14/h3-6,9-10,14,18H,1-2,7-8,11-13H2. The second-order valence-corrected chi connectivity index (χ2v) is 8.62. The van der Waals surface area contributed by atoms with Crippen LogP contribution >= 0.6 is 15.9 Å². The molecule has 1 amide bonds. The average Bonchev–Trinajstić information content (AvgIpc) is 3.49. The summed E-state index contributed by atoms with van der Waals surface area (Å²) < 4.78 is 12.6. The van der Waals surface area contributed by atoms with Crippen molar-refractivity contribution in [2.24, 2.45) is 5.92 Å². The molecule has 2 aromatic rings. The predicted molar refractivity (Wildman–Crippen MR) is 109 cm³/mol. The maximum Gasteiger partial charge on any atom is 0.280 e. The molecule has 0 atom stereocenters. The Morgan fingerprint density at radius 2 is 2.00 bits per heavy atom. The molecule has 0 bridgehead atoms. The van der Waals surface area contributed by atoms with Crippen LogP contribution in [0, 0.1) is 5.92 Å². The molecule has 1 aromatic heterocycles. The second kappa shape index (κ2) is 7.37. The third-order valence-corrected chi connectivity index (χ3v) is 5.86. The number of halogens is 1. The van der Waals surface area contributed by atoms with Crippen LogP contribution in [0.4, 0.5) is 5.69 Å². The number of likely N-dealkylation sites (tertiary alicyclic amines) is 1. The first-order chi connectivity index (χ1) is 13.7. The van der Waals surface area contributed by atoms with Crippen molar-refractivity contribution >= 4 is 27.5 Å². The Hall–Kier alpha value is -2.12. The quantitative estimate of drug-likeness (QED) is 0.708. The molecule has 0 radical (unpaired) electrons. The van der Waals surface area contributed by atoms with Gasteiger partial charge in [0.2, 0.25) is 0 Å². The highest BCUT2D eigenvalue weighted by atomic mass is 79.9. The van der Waals surface area contributed by atoms with Gasteiger partial charge in [-0.25, -0.2) is 4.98 Å². The zero-order chi connectivity index (χ0) is 19.1. The number of hydrogen-bond donors (Lipinski definition) is 0. The Labute approximate surface area is 172 Å². The maximum absolute atomic E-state index is 12.9. The van der Waals surface area contributed by atoms with Gasteiger partial charge in [0.15, 0.2) is 11.4 Å². The van der Waals surface area contributed by atoms with Gasteiger partial charge in [-0.3, -0.25) is 9.69 Å². The van der Waals surface area contributed by atoms with Crippen LogP contribution in [0.25, 0.3) is 0 Å². The van der Waals surface area contributed by atoms with E-state index in [0.717, 1.165) is 34.9 Å². The molecule has 0 N–H and O–H groups in total. The molecule has 0 unspecified atom stereocenters. The van der Waals surface area contributed by atoms with E-state index in [2.05, 4.69) is 25.8 Å². The van der Waals surface area contributed by atoms with Crippen LogP contribution in [0.15, 0.2) is 41.0 Å².